The summed E-state index contributed by atoms with van der Waals surface area (Å²) < 4.78 is 24.7. The molecule has 14 heavy (non-hydrogen) atoms. The van der Waals surface area contributed by atoms with Gasteiger partial charge in [-0.15, -0.1) is 0 Å². The first kappa shape index (κ1) is 10.3. The van der Waals surface area contributed by atoms with E-state index in [9.17, 15) is 13.9 Å². The zero-order chi connectivity index (χ0) is 10.7. The third-order valence-electron chi connectivity index (χ3n) is 1.66. The zero-order valence-corrected chi connectivity index (χ0v) is 6.91. The van der Waals surface area contributed by atoms with Gasteiger partial charge in [-0.3, -0.25) is 4.98 Å². The first-order valence-corrected chi connectivity index (χ1v) is 3.61. The molecule has 1 rings (SSSR count). The van der Waals surface area contributed by atoms with Crippen LogP contribution in [0.5, 0.6) is 5.75 Å². The van der Waals surface area contributed by atoms with Gasteiger partial charge in [-0.25, -0.2) is 8.78 Å². The second kappa shape index (κ2) is 3.98. The van der Waals surface area contributed by atoms with E-state index < -0.39 is 29.9 Å². The fraction of sp³-hybridized carbons (Fsp3) is 0.250. The molecule has 0 atom stereocenters. The van der Waals surface area contributed by atoms with E-state index in [0.717, 1.165) is 6.20 Å². The van der Waals surface area contributed by atoms with E-state index in [-0.39, 0.29) is 5.69 Å². The Balaban J connectivity index is 3.41. The van der Waals surface area contributed by atoms with Crippen LogP contribution in [0.2, 0.25) is 0 Å². The Bertz CT molecular complexity index is 388. The zero-order valence-electron chi connectivity index (χ0n) is 6.91. The molecule has 1 aromatic heterocycles. The van der Waals surface area contributed by atoms with Gasteiger partial charge in [-0.05, 0) is 0 Å². The molecule has 0 aliphatic carbocycles. The van der Waals surface area contributed by atoms with Crippen molar-refractivity contribution in [2.24, 2.45) is 0 Å². The fourth-order valence-electron chi connectivity index (χ4n) is 0.982. The molecule has 6 heteroatoms. The van der Waals surface area contributed by atoms with Gasteiger partial charge in [0, 0.05) is 6.20 Å². The number of hydrogen-bond acceptors (Lipinski definition) is 4. The van der Waals surface area contributed by atoms with Gasteiger partial charge in [-0.2, -0.15) is 5.26 Å². The van der Waals surface area contributed by atoms with Gasteiger partial charge in [0.2, 0.25) is 0 Å². The Morgan fingerprint density at radius 2 is 2.21 bits per heavy atom. The second-order valence-electron chi connectivity index (χ2n) is 2.45. The molecular weight excluding hydrogens is 194 g/mol. The van der Waals surface area contributed by atoms with E-state index in [1.807, 2.05) is 0 Å². The minimum atomic E-state index is -2.97. The third kappa shape index (κ3) is 1.63. The summed E-state index contributed by atoms with van der Waals surface area (Å²) in [4.78, 5) is 3.45. The number of halogens is 2. The molecule has 4 nitrogen and oxygen atoms in total. The average molecular weight is 200 g/mol. The normalized spacial score (nSPS) is 10.2. The molecule has 0 bridgehead atoms. The Hall–Kier alpha value is -1.74. The Morgan fingerprint density at radius 1 is 1.57 bits per heavy atom. The topological polar surface area (TPSA) is 77.1 Å². The lowest BCUT2D eigenvalue weighted by Crippen LogP contribution is -1.99. The van der Waals surface area contributed by atoms with Crippen LogP contribution in [0, 0.1) is 11.3 Å². The minimum Gasteiger partial charge on any atom is -0.505 e. The predicted octanol–water partition coefficient (Wildman–Crippen LogP) is 1.09. The van der Waals surface area contributed by atoms with E-state index in [1.165, 1.54) is 6.07 Å². The molecule has 0 aliphatic rings. The quantitative estimate of drug-likeness (QED) is 0.749. The highest BCUT2D eigenvalue weighted by Gasteiger charge is 2.21. The summed E-state index contributed by atoms with van der Waals surface area (Å²) >= 11 is 0. The highest BCUT2D eigenvalue weighted by molar-refractivity contribution is 5.47. The highest BCUT2D eigenvalue weighted by atomic mass is 19.3. The third-order valence-corrected chi connectivity index (χ3v) is 1.66. The number of hydrogen-bond donors (Lipinski definition) is 2. The first-order chi connectivity index (χ1) is 6.61. The summed E-state index contributed by atoms with van der Waals surface area (Å²) in [5.74, 6) is -0.818. The smallest absolute Gasteiger partial charge is 0.268 e. The number of nitrogens with zero attached hydrogens (tertiary/aromatic N) is 2. The van der Waals surface area contributed by atoms with Crippen molar-refractivity contribution < 1.29 is 19.0 Å². The monoisotopic (exact) mass is 200 g/mol. The fourth-order valence-corrected chi connectivity index (χ4v) is 0.982. The lowest BCUT2D eigenvalue weighted by molar-refractivity contribution is 0.146. The maximum atomic E-state index is 12.4. The van der Waals surface area contributed by atoms with E-state index in [4.69, 9.17) is 10.4 Å². The van der Waals surface area contributed by atoms with Crippen molar-refractivity contribution in [2.75, 3.05) is 0 Å². The molecule has 74 valence electrons. The van der Waals surface area contributed by atoms with Gasteiger partial charge >= 0.3 is 0 Å². The Morgan fingerprint density at radius 3 is 2.64 bits per heavy atom. The largest absolute Gasteiger partial charge is 0.505 e. The summed E-state index contributed by atoms with van der Waals surface area (Å²) in [5, 5.41) is 26.3. The molecule has 1 aromatic rings. The van der Waals surface area contributed by atoms with Crippen molar-refractivity contribution in [3.8, 4) is 11.8 Å². The lowest BCUT2D eigenvalue weighted by Gasteiger charge is -2.07. The van der Waals surface area contributed by atoms with Crippen LogP contribution >= 0.6 is 0 Å². The highest BCUT2D eigenvalue weighted by Crippen LogP contribution is 2.32. The van der Waals surface area contributed by atoms with Crippen LogP contribution in [0.1, 0.15) is 23.2 Å². The van der Waals surface area contributed by atoms with Crippen LogP contribution in [0.3, 0.4) is 0 Å². The van der Waals surface area contributed by atoms with Crippen molar-refractivity contribution >= 4 is 0 Å². The van der Waals surface area contributed by atoms with Crippen molar-refractivity contribution in [1.82, 2.24) is 4.98 Å². The summed E-state index contributed by atoms with van der Waals surface area (Å²) in [6.45, 7) is -0.655. The van der Waals surface area contributed by atoms with Crippen LogP contribution in [-0.2, 0) is 6.61 Å². The van der Waals surface area contributed by atoms with Crippen LogP contribution in [0.4, 0.5) is 8.78 Å². The first-order valence-electron chi connectivity index (χ1n) is 3.61. The lowest BCUT2D eigenvalue weighted by atomic mass is 10.1. The number of alkyl halides is 2. The molecule has 0 radical (unpaired) electrons. The molecule has 2 N–H and O–H groups in total. The maximum absolute atomic E-state index is 12.4. The van der Waals surface area contributed by atoms with Crippen molar-refractivity contribution in [1.29, 1.82) is 5.26 Å². The molecule has 0 spiro atoms. The van der Waals surface area contributed by atoms with Crippen LogP contribution < -0.4 is 0 Å². The number of aromatic hydroxyl groups is 1. The van der Waals surface area contributed by atoms with Crippen LogP contribution in [0.25, 0.3) is 0 Å². The van der Waals surface area contributed by atoms with Gasteiger partial charge in [0.05, 0.1) is 17.7 Å². The molecule has 0 aromatic carbocycles. The molecule has 0 amide bonds. The second-order valence-corrected chi connectivity index (χ2v) is 2.45. The summed E-state index contributed by atoms with van der Waals surface area (Å²) in [5.41, 5.74) is -1.44. The summed E-state index contributed by atoms with van der Waals surface area (Å²) in [6, 6.07) is 1.48. The van der Waals surface area contributed by atoms with Gasteiger partial charge in [-0.1, -0.05) is 0 Å². The SMILES string of the molecule is N#Cc1cnc(CO)c(O)c1C(F)F. The van der Waals surface area contributed by atoms with Gasteiger partial charge in [0.15, 0.2) is 0 Å². The standard InChI is InChI=1S/C8H6F2N2O2/c9-8(10)6-4(1-11)2-12-5(3-13)7(6)14/h2,8,13-14H,3H2. The minimum absolute atomic E-state index is 0.265. The van der Waals surface area contributed by atoms with Gasteiger partial charge in [0.1, 0.15) is 17.5 Å². The van der Waals surface area contributed by atoms with Gasteiger partial charge < -0.3 is 10.2 Å². The predicted molar refractivity (Wildman–Crippen MR) is 41.5 cm³/mol. The summed E-state index contributed by atoms with van der Waals surface area (Å²) in [7, 11) is 0. The van der Waals surface area contributed by atoms with Crippen molar-refractivity contribution in [3.63, 3.8) is 0 Å². The molecule has 1 heterocycles. The van der Waals surface area contributed by atoms with Crippen molar-refractivity contribution in [2.45, 2.75) is 13.0 Å². The number of aromatic nitrogens is 1. The van der Waals surface area contributed by atoms with Crippen molar-refractivity contribution in [3.05, 3.63) is 23.0 Å². The van der Waals surface area contributed by atoms with Crippen LogP contribution in [0.15, 0.2) is 6.20 Å². The number of aliphatic hydroxyl groups excluding tert-OH is 1. The van der Waals surface area contributed by atoms with E-state index in [0.29, 0.717) is 0 Å². The molecular formula is C8H6F2N2O2. The summed E-state index contributed by atoms with van der Waals surface area (Å²) in [6.07, 6.45) is -2.08. The Labute approximate surface area is 78.1 Å². The van der Waals surface area contributed by atoms with E-state index in [2.05, 4.69) is 4.98 Å². The number of aliphatic hydroxyl groups is 1. The van der Waals surface area contributed by atoms with E-state index >= 15 is 0 Å². The molecule has 0 saturated carbocycles. The number of rotatable bonds is 2. The molecule has 0 fully saturated rings. The van der Waals surface area contributed by atoms with E-state index in [1.54, 1.807) is 0 Å². The number of nitriles is 1. The molecule has 0 unspecified atom stereocenters. The molecule has 0 saturated heterocycles. The van der Waals surface area contributed by atoms with Crippen LogP contribution in [-0.4, -0.2) is 15.2 Å². The molecule has 0 aliphatic heterocycles. The Kier molecular flexibility index (Phi) is 2.94. The number of pyridine rings is 1. The van der Waals surface area contributed by atoms with Gasteiger partial charge in [0.25, 0.3) is 6.43 Å². The maximum Gasteiger partial charge on any atom is 0.268 e. The average Bonchev–Trinajstić information content (AvgIpc) is 2.16.